The first kappa shape index (κ1) is 11.9. The summed E-state index contributed by atoms with van der Waals surface area (Å²) in [6.07, 6.45) is 8.68. The van der Waals surface area contributed by atoms with Gasteiger partial charge in [-0.15, -0.1) is 0 Å². The Morgan fingerprint density at radius 1 is 1.25 bits per heavy atom. The molecule has 3 nitrogen and oxygen atoms in total. The quantitative estimate of drug-likeness (QED) is 0.755. The lowest BCUT2D eigenvalue weighted by atomic mass is 9.87. The molecule has 0 heterocycles. The van der Waals surface area contributed by atoms with Crippen LogP contribution in [-0.2, 0) is 4.79 Å². The van der Waals surface area contributed by atoms with E-state index in [4.69, 9.17) is 0 Å². The van der Waals surface area contributed by atoms with Gasteiger partial charge < -0.3 is 10.4 Å². The van der Waals surface area contributed by atoms with E-state index in [2.05, 4.69) is 5.32 Å². The van der Waals surface area contributed by atoms with E-state index >= 15 is 0 Å². The lowest BCUT2D eigenvalue weighted by Gasteiger charge is -2.30. The molecule has 0 aliphatic heterocycles. The van der Waals surface area contributed by atoms with E-state index in [0.717, 1.165) is 19.4 Å². The van der Waals surface area contributed by atoms with Crippen molar-refractivity contribution in [1.29, 1.82) is 0 Å². The average Bonchev–Trinajstić information content (AvgIpc) is 3.11. The maximum absolute atomic E-state index is 11.3. The fraction of sp³-hybridized carbons (Fsp3) is 0.923. The zero-order valence-electron chi connectivity index (χ0n) is 10.2. The van der Waals surface area contributed by atoms with Gasteiger partial charge in [0.05, 0.1) is 0 Å². The first-order valence-corrected chi connectivity index (χ1v) is 6.61. The molecule has 2 N–H and O–H groups in total. The van der Waals surface area contributed by atoms with Crippen molar-refractivity contribution in [1.82, 2.24) is 5.32 Å². The van der Waals surface area contributed by atoms with E-state index in [1.165, 1.54) is 32.1 Å². The van der Waals surface area contributed by atoms with Crippen LogP contribution in [0.4, 0.5) is 0 Å². The SMILES string of the molecule is CC(NCC1CCCCC1)(C(=O)O)C1CC1. The zero-order valence-corrected chi connectivity index (χ0v) is 10.2. The molecule has 1 unspecified atom stereocenters. The van der Waals surface area contributed by atoms with E-state index in [0.29, 0.717) is 11.8 Å². The summed E-state index contributed by atoms with van der Waals surface area (Å²) < 4.78 is 0. The molecule has 2 rings (SSSR count). The molecule has 3 heteroatoms. The number of rotatable bonds is 5. The molecule has 0 amide bonds. The van der Waals surface area contributed by atoms with Crippen LogP contribution >= 0.6 is 0 Å². The number of carboxylic acids is 1. The van der Waals surface area contributed by atoms with Crippen molar-refractivity contribution in [3.05, 3.63) is 0 Å². The van der Waals surface area contributed by atoms with Crippen molar-refractivity contribution >= 4 is 5.97 Å². The van der Waals surface area contributed by atoms with Gasteiger partial charge in [-0.05, 0) is 51.0 Å². The maximum Gasteiger partial charge on any atom is 0.323 e. The Balaban J connectivity index is 1.83. The summed E-state index contributed by atoms with van der Waals surface area (Å²) in [5.74, 6) is 0.380. The third kappa shape index (κ3) is 2.57. The van der Waals surface area contributed by atoms with Gasteiger partial charge in [0, 0.05) is 0 Å². The molecule has 92 valence electrons. The van der Waals surface area contributed by atoms with Crippen molar-refractivity contribution in [2.24, 2.45) is 11.8 Å². The highest BCUT2D eigenvalue weighted by molar-refractivity contribution is 5.79. The second-order valence-electron chi connectivity index (χ2n) is 5.67. The fourth-order valence-corrected chi connectivity index (χ4v) is 2.80. The standard InChI is InChI=1S/C13H23NO2/c1-13(12(15)16,11-7-8-11)14-9-10-5-3-2-4-6-10/h10-11,14H,2-9H2,1H3,(H,15,16). The summed E-state index contributed by atoms with van der Waals surface area (Å²) in [4.78, 5) is 11.3. The molecular formula is C13H23NO2. The monoisotopic (exact) mass is 225 g/mol. The Morgan fingerprint density at radius 3 is 2.38 bits per heavy atom. The molecule has 0 aromatic carbocycles. The van der Waals surface area contributed by atoms with E-state index < -0.39 is 11.5 Å². The molecule has 0 aromatic heterocycles. The minimum absolute atomic E-state index is 0.355. The van der Waals surface area contributed by atoms with Gasteiger partial charge in [-0.2, -0.15) is 0 Å². The van der Waals surface area contributed by atoms with Crippen LogP contribution < -0.4 is 5.32 Å². The number of carbonyl (C=O) groups is 1. The zero-order chi connectivity index (χ0) is 11.6. The van der Waals surface area contributed by atoms with Crippen molar-refractivity contribution in [2.75, 3.05) is 6.54 Å². The molecule has 1 atom stereocenters. The minimum Gasteiger partial charge on any atom is -0.480 e. The molecule has 0 saturated heterocycles. The van der Waals surface area contributed by atoms with Crippen LogP contribution in [0.15, 0.2) is 0 Å². The first-order chi connectivity index (χ1) is 7.63. The summed E-state index contributed by atoms with van der Waals surface area (Å²) in [6, 6.07) is 0. The molecular weight excluding hydrogens is 202 g/mol. The highest BCUT2D eigenvalue weighted by Gasteiger charge is 2.47. The van der Waals surface area contributed by atoms with Crippen LogP contribution in [0.3, 0.4) is 0 Å². The summed E-state index contributed by atoms with van der Waals surface area (Å²) in [6.45, 7) is 2.75. The third-order valence-corrected chi connectivity index (χ3v) is 4.32. The van der Waals surface area contributed by atoms with Gasteiger partial charge in [-0.25, -0.2) is 0 Å². The van der Waals surface area contributed by atoms with Crippen LogP contribution in [-0.4, -0.2) is 23.2 Å². The predicted molar refractivity (Wildman–Crippen MR) is 63.3 cm³/mol. The van der Waals surface area contributed by atoms with Gasteiger partial charge in [-0.3, -0.25) is 4.79 Å². The molecule has 2 aliphatic rings. The van der Waals surface area contributed by atoms with Crippen molar-refractivity contribution in [2.45, 2.75) is 57.4 Å². The van der Waals surface area contributed by atoms with Crippen molar-refractivity contribution < 1.29 is 9.90 Å². The van der Waals surface area contributed by atoms with Gasteiger partial charge >= 0.3 is 5.97 Å². The second-order valence-corrected chi connectivity index (χ2v) is 5.67. The van der Waals surface area contributed by atoms with E-state index in [9.17, 15) is 9.90 Å². The van der Waals surface area contributed by atoms with E-state index in [1.807, 2.05) is 6.92 Å². The Morgan fingerprint density at radius 2 is 1.88 bits per heavy atom. The Hall–Kier alpha value is -0.570. The predicted octanol–water partition coefficient (Wildman–Crippen LogP) is 2.41. The van der Waals surface area contributed by atoms with Gasteiger partial charge in [0.15, 0.2) is 0 Å². The number of nitrogens with one attached hydrogen (secondary N) is 1. The molecule has 0 spiro atoms. The third-order valence-electron chi connectivity index (χ3n) is 4.32. The highest BCUT2D eigenvalue weighted by Crippen LogP contribution is 2.40. The average molecular weight is 225 g/mol. The summed E-state index contributed by atoms with van der Waals surface area (Å²) in [5.41, 5.74) is -0.669. The normalized spacial score (nSPS) is 26.3. The minimum atomic E-state index is -0.675. The Labute approximate surface area is 97.6 Å². The second kappa shape index (κ2) is 4.74. The Bertz CT molecular complexity index is 257. The van der Waals surface area contributed by atoms with Crippen LogP contribution in [0.5, 0.6) is 0 Å². The fourth-order valence-electron chi connectivity index (χ4n) is 2.80. The highest BCUT2D eigenvalue weighted by atomic mass is 16.4. The van der Waals surface area contributed by atoms with Crippen LogP contribution in [0.2, 0.25) is 0 Å². The number of aliphatic carboxylic acids is 1. The topological polar surface area (TPSA) is 49.3 Å². The maximum atomic E-state index is 11.3. The summed E-state index contributed by atoms with van der Waals surface area (Å²) in [5, 5.41) is 12.6. The molecule has 2 fully saturated rings. The largest absolute Gasteiger partial charge is 0.480 e. The van der Waals surface area contributed by atoms with Gasteiger partial charge in [-0.1, -0.05) is 19.3 Å². The Kier molecular flexibility index (Phi) is 3.53. The molecule has 16 heavy (non-hydrogen) atoms. The molecule has 0 aromatic rings. The lowest BCUT2D eigenvalue weighted by molar-refractivity contribution is -0.145. The van der Waals surface area contributed by atoms with Crippen LogP contribution in [0.25, 0.3) is 0 Å². The summed E-state index contributed by atoms with van der Waals surface area (Å²) >= 11 is 0. The molecule has 2 saturated carbocycles. The number of hydrogen-bond acceptors (Lipinski definition) is 2. The molecule has 0 radical (unpaired) electrons. The number of carboxylic acid groups (broad SMARTS) is 1. The summed E-state index contributed by atoms with van der Waals surface area (Å²) in [7, 11) is 0. The molecule has 2 aliphatic carbocycles. The van der Waals surface area contributed by atoms with Crippen molar-refractivity contribution in [3.8, 4) is 0 Å². The molecule has 0 bridgehead atoms. The van der Waals surface area contributed by atoms with Gasteiger partial charge in [0.25, 0.3) is 0 Å². The van der Waals surface area contributed by atoms with Crippen LogP contribution in [0, 0.1) is 11.8 Å². The lowest BCUT2D eigenvalue weighted by Crippen LogP contribution is -2.53. The van der Waals surface area contributed by atoms with E-state index in [-0.39, 0.29) is 0 Å². The smallest absolute Gasteiger partial charge is 0.323 e. The van der Waals surface area contributed by atoms with E-state index in [1.54, 1.807) is 0 Å². The number of hydrogen-bond donors (Lipinski definition) is 2. The van der Waals surface area contributed by atoms with Crippen LogP contribution in [0.1, 0.15) is 51.9 Å². The van der Waals surface area contributed by atoms with Gasteiger partial charge in [0.1, 0.15) is 5.54 Å². The van der Waals surface area contributed by atoms with Gasteiger partial charge in [0.2, 0.25) is 0 Å². The first-order valence-electron chi connectivity index (χ1n) is 6.61. The van der Waals surface area contributed by atoms with Crippen molar-refractivity contribution in [3.63, 3.8) is 0 Å².